The molecule has 0 bridgehead atoms. The molecule has 0 radical (unpaired) electrons. The first-order valence-electron chi connectivity index (χ1n) is 5.50. The van der Waals surface area contributed by atoms with Crippen molar-refractivity contribution >= 4 is 17.2 Å². The molecule has 90 valence electrons. The van der Waals surface area contributed by atoms with Crippen LogP contribution < -0.4 is 11.3 Å². The Hall–Kier alpha value is -0.910. The minimum atomic E-state index is -0.0906. The molecule has 4 nitrogen and oxygen atoms in total. The molecule has 16 heavy (non-hydrogen) atoms. The quantitative estimate of drug-likeness (QED) is 0.430. The molecule has 1 heterocycles. The third-order valence-electron chi connectivity index (χ3n) is 2.45. The Balaban J connectivity index is 2.24. The lowest BCUT2D eigenvalue weighted by molar-refractivity contribution is -0.121. The van der Waals surface area contributed by atoms with Crippen molar-refractivity contribution in [3.8, 4) is 0 Å². The Morgan fingerprint density at radius 3 is 3.00 bits per heavy atom. The van der Waals surface area contributed by atoms with Crippen LogP contribution in [0.3, 0.4) is 0 Å². The van der Waals surface area contributed by atoms with Gasteiger partial charge in [-0.3, -0.25) is 15.1 Å². The van der Waals surface area contributed by atoms with Crippen LogP contribution in [0.4, 0.5) is 0 Å². The summed E-state index contributed by atoms with van der Waals surface area (Å²) in [5.41, 5.74) is 2.15. The molecule has 1 amide bonds. The van der Waals surface area contributed by atoms with E-state index in [1.54, 1.807) is 11.3 Å². The third-order valence-corrected chi connectivity index (χ3v) is 3.31. The van der Waals surface area contributed by atoms with Gasteiger partial charge in [-0.05, 0) is 31.0 Å². The van der Waals surface area contributed by atoms with Crippen LogP contribution in [0.5, 0.6) is 0 Å². The second-order valence-corrected chi connectivity index (χ2v) is 4.65. The summed E-state index contributed by atoms with van der Waals surface area (Å²) in [5.74, 6) is 4.93. The minimum Gasteiger partial charge on any atom is -0.299 e. The number of carbonyl (C=O) groups excluding carboxylic acids is 1. The normalized spacial score (nSPS) is 10.7. The van der Waals surface area contributed by atoms with Crippen molar-refractivity contribution in [1.29, 1.82) is 0 Å². The molecule has 0 aliphatic rings. The molecule has 0 aliphatic carbocycles. The predicted octanol–water partition coefficient (Wildman–Crippen LogP) is 1.34. The molecule has 1 rings (SSSR count). The topological polar surface area (TPSA) is 58.4 Å². The molecule has 5 heteroatoms. The highest BCUT2D eigenvalue weighted by molar-refractivity contribution is 7.09. The number of carbonyl (C=O) groups is 1. The summed E-state index contributed by atoms with van der Waals surface area (Å²) in [6.07, 6.45) is 1.35. The van der Waals surface area contributed by atoms with Gasteiger partial charge in [-0.1, -0.05) is 13.0 Å². The Morgan fingerprint density at radius 1 is 1.62 bits per heavy atom. The van der Waals surface area contributed by atoms with E-state index in [0.29, 0.717) is 6.42 Å². The van der Waals surface area contributed by atoms with Crippen LogP contribution in [0.2, 0.25) is 0 Å². The van der Waals surface area contributed by atoms with E-state index >= 15 is 0 Å². The number of nitrogens with one attached hydrogen (secondary N) is 1. The molecule has 0 atom stereocenters. The van der Waals surface area contributed by atoms with Crippen LogP contribution in [-0.4, -0.2) is 23.9 Å². The van der Waals surface area contributed by atoms with E-state index < -0.39 is 0 Å². The number of nitrogens with two attached hydrogens (primary N) is 1. The number of rotatable bonds is 7. The van der Waals surface area contributed by atoms with Gasteiger partial charge in [0, 0.05) is 17.8 Å². The summed E-state index contributed by atoms with van der Waals surface area (Å²) in [6, 6.07) is 4.20. The van der Waals surface area contributed by atoms with Crippen LogP contribution in [0, 0.1) is 0 Å². The molecule has 1 aromatic rings. The Labute approximate surface area is 100 Å². The summed E-state index contributed by atoms with van der Waals surface area (Å²) in [4.78, 5) is 14.6. The maximum atomic E-state index is 10.9. The van der Waals surface area contributed by atoms with E-state index in [2.05, 4.69) is 34.8 Å². The van der Waals surface area contributed by atoms with Crippen molar-refractivity contribution in [2.24, 2.45) is 5.84 Å². The first kappa shape index (κ1) is 13.2. The molecule has 0 unspecified atom stereocenters. The number of thiophene rings is 1. The lowest BCUT2D eigenvalue weighted by atomic mass is 10.2. The minimum absolute atomic E-state index is 0.0906. The van der Waals surface area contributed by atoms with Gasteiger partial charge >= 0.3 is 0 Å². The average molecular weight is 241 g/mol. The van der Waals surface area contributed by atoms with Gasteiger partial charge < -0.3 is 0 Å². The van der Waals surface area contributed by atoms with Gasteiger partial charge in [-0.15, -0.1) is 11.3 Å². The van der Waals surface area contributed by atoms with Crippen LogP contribution in [-0.2, 0) is 11.3 Å². The fraction of sp³-hybridized carbons (Fsp3) is 0.545. The van der Waals surface area contributed by atoms with E-state index in [0.717, 1.165) is 26.1 Å². The van der Waals surface area contributed by atoms with Gasteiger partial charge in [0.15, 0.2) is 0 Å². The smallest absolute Gasteiger partial charge is 0.233 e. The molecule has 0 aromatic carbocycles. The summed E-state index contributed by atoms with van der Waals surface area (Å²) < 4.78 is 0. The van der Waals surface area contributed by atoms with Crippen molar-refractivity contribution < 1.29 is 4.79 Å². The largest absolute Gasteiger partial charge is 0.299 e. The zero-order valence-corrected chi connectivity index (χ0v) is 10.4. The molecule has 0 saturated heterocycles. The molecule has 0 spiro atoms. The number of amides is 1. The van der Waals surface area contributed by atoms with Crippen molar-refractivity contribution in [2.45, 2.75) is 26.3 Å². The first-order valence-corrected chi connectivity index (χ1v) is 6.38. The third kappa shape index (κ3) is 4.74. The summed E-state index contributed by atoms with van der Waals surface area (Å²) in [5, 5.41) is 2.09. The zero-order valence-electron chi connectivity index (χ0n) is 9.61. The monoisotopic (exact) mass is 241 g/mol. The molecule has 0 aliphatic heterocycles. The van der Waals surface area contributed by atoms with Gasteiger partial charge in [-0.25, -0.2) is 5.84 Å². The van der Waals surface area contributed by atoms with Gasteiger partial charge in [0.2, 0.25) is 5.91 Å². The highest BCUT2D eigenvalue weighted by Crippen LogP contribution is 2.12. The second-order valence-electron chi connectivity index (χ2n) is 3.62. The van der Waals surface area contributed by atoms with Crippen LogP contribution in [0.25, 0.3) is 0 Å². The highest BCUT2D eigenvalue weighted by Gasteiger charge is 2.05. The second kappa shape index (κ2) is 7.38. The lowest BCUT2D eigenvalue weighted by Crippen LogP contribution is -2.31. The number of hydrazine groups is 1. The fourth-order valence-corrected chi connectivity index (χ4v) is 2.25. The average Bonchev–Trinajstić information content (AvgIpc) is 2.80. The van der Waals surface area contributed by atoms with Crippen LogP contribution in [0.1, 0.15) is 24.6 Å². The molecular formula is C11H19N3OS. The van der Waals surface area contributed by atoms with Crippen LogP contribution in [0.15, 0.2) is 17.5 Å². The van der Waals surface area contributed by atoms with Gasteiger partial charge in [-0.2, -0.15) is 0 Å². The van der Waals surface area contributed by atoms with E-state index in [1.165, 1.54) is 4.88 Å². The fourth-order valence-electron chi connectivity index (χ4n) is 1.51. The molecule has 0 saturated carbocycles. The zero-order chi connectivity index (χ0) is 11.8. The van der Waals surface area contributed by atoms with E-state index in [-0.39, 0.29) is 5.91 Å². The van der Waals surface area contributed by atoms with E-state index in [9.17, 15) is 4.79 Å². The lowest BCUT2D eigenvalue weighted by Gasteiger charge is -2.19. The van der Waals surface area contributed by atoms with Gasteiger partial charge in [0.1, 0.15) is 0 Å². The maximum absolute atomic E-state index is 10.9. The molecule has 0 fully saturated rings. The molecular weight excluding hydrogens is 222 g/mol. The van der Waals surface area contributed by atoms with Gasteiger partial charge in [0.05, 0.1) is 0 Å². The number of nitrogens with zero attached hydrogens (tertiary/aromatic N) is 1. The van der Waals surface area contributed by atoms with Crippen molar-refractivity contribution in [3.05, 3.63) is 22.4 Å². The first-order chi connectivity index (χ1) is 7.76. The predicted molar refractivity (Wildman–Crippen MR) is 66.8 cm³/mol. The summed E-state index contributed by atoms with van der Waals surface area (Å²) in [6.45, 7) is 5.04. The Morgan fingerprint density at radius 2 is 2.44 bits per heavy atom. The number of hydrogen-bond acceptors (Lipinski definition) is 4. The Bertz CT molecular complexity index is 300. The van der Waals surface area contributed by atoms with Crippen molar-refractivity contribution in [3.63, 3.8) is 0 Å². The summed E-state index contributed by atoms with van der Waals surface area (Å²) >= 11 is 1.77. The SMILES string of the molecule is CCN(CCCC(=O)NN)Cc1cccs1. The van der Waals surface area contributed by atoms with Crippen molar-refractivity contribution in [2.75, 3.05) is 13.1 Å². The highest BCUT2D eigenvalue weighted by atomic mass is 32.1. The van der Waals surface area contributed by atoms with E-state index in [1.807, 2.05) is 0 Å². The van der Waals surface area contributed by atoms with Crippen LogP contribution >= 0.6 is 11.3 Å². The molecule has 1 aromatic heterocycles. The maximum Gasteiger partial charge on any atom is 0.233 e. The van der Waals surface area contributed by atoms with E-state index in [4.69, 9.17) is 5.84 Å². The molecule has 3 N–H and O–H groups in total. The van der Waals surface area contributed by atoms with Gasteiger partial charge in [0.25, 0.3) is 0 Å². The Kier molecular flexibility index (Phi) is 6.07. The van der Waals surface area contributed by atoms with Crippen molar-refractivity contribution in [1.82, 2.24) is 10.3 Å². The summed E-state index contributed by atoms with van der Waals surface area (Å²) in [7, 11) is 0. The number of hydrogen-bond donors (Lipinski definition) is 2. The standard InChI is InChI=1S/C11H19N3OS/c1-2-14(7-3-6-11(15)13-12)9-10-5-4-8-16-10/h4-5,8H,2-3,6-7,9,12H2,1H3,(H,13,15).